The van der Waals surface area contributed by atoms with Crippen molar-refractivity contribution >= 4 is 5.97 Å². The zero-order valence-corrected chi connectivity index (χ0v) is 12.8. The molecule has 1 aliphatic heterocycles. The van der Waals surface area contributed by atoms with E-state index in [1.807, 2.05) is 19.9 Å². The number of carbonyl (C=O) groups excluding carboxylic acids is 1. The van der Waals surface area contributed by atoms with Crippen LogP contribution in [0.15, 0.2) is 23.3 Å². The first-order valence-corrected chi connectivity index (χ1v) is 7.17. The number of carbonyl (C=O) groups is 1. The molecule has 20 heavy (non-hydrogen) atoms. The van der Waals surface area contributed by atoms with Gasteiger partial charge in [0.05, 0.1) is 12.7 Å². The summed E-state index contributed by atoms with van der Waals surface area (Å²) in [5.41, 5.74) is 2.66. The highest BCUT2D eigenvalue weighted by molar-refractivity contribution is 5.66. The lowest BCUT2D eigenvalue weighted by Crippen LogP contribution is -2.29. The van der Waals surface area contributed by atoms with E-state index >= 15 is 0 Å². The van der Waals surface area contributed by atoms with Crippen LogP contribution in [0.5, 0.6) is 0 Å². The Hall–Kier alpha value is -1.13. The number of hydrogen-bond acceptors (Lipinski definition) is 4. The Kier molecular flexibility index (Phi) is 4.66. The fraction of sp³-hybridized carbons (Fsp3) is 0.688. The molecule has 0 saturated carbocycles. The fourth-order valence-electron chi connectivity index (χ4n) is 2.79. The summed E-state index contributed by atoms with van der Waals surface area (Å²) in [6.45, 7) is 8.43. The molecule has 0 radical (unpaired) electrons. The highest BCUT2D eigenvalue weighted by Crippen LogP contribution is 2.37. The van der Waals surface area contributed by atoms with Gasteiger partial charge in [0.15, 0.2) is 5.79 Å². The van der Waals surface area contributed by atoms with Gasteiger partial charge in [-0.25, -0.2) is 0 Å². The van der Waals surface area contributed by atoms with Crippen LogP contribution in [0.25, 0.3) is 0 Å². The summed E-state index contributed by atoms with van der Waals surface area (Å²) >= 11 is 0. The molecule has 4 heteroatoms. The van der Waals surface area contributed by atoms with Gasteiger partial charge in [-0.05, 0) is 39.7 Å². The van der Waals surface area contributed by atoms with Crippen LogP contribution in [0.3, 0.4) is 0 Å². The van der Waals surface area contributed by atoms with E-state index in [4.69, 9.17) is 14.2 Å². The third-order valence-corrected chi connectivity index (χ3v) is 3.82. The van der Waals surface area contributed by atoms with Crippen molar-refractivity contribution in [3.05, 3.63) is 23.3 Å². The summed E-state index contributed by atoms with van der Waals surface area (Å²) < 4.78 is 16.7. The van der Waals surface area contributed by atoms with E-state index in [9.17, 15) is 4.79 Å². The Morgan fingerprint density at radius 1 is 1.55 bits per heavy atom. The Bertz CT molecular complexity index is 434. The average molecular weight is 280 g/mol. The van der Waals surface area contributed by atoms with Crippen molar-refractivity contribution in [1.82, 2.24) is 0 Å². The molecule has 0 aromatic carbocycles. The topological polar surface area (TPSA) is 44.8 Å². The van der Waals surface area contributed by atoms with E-state index in [-0.39, 0.29) is 12.1 Å². The summed E-state index contributed by atoms with van der Waals surface area (Å²) in [6, 6.07) is 0. The summed E-state index contributed by atoms with van der Waals surface area (Å²) in [6.07, 6.45) is 6.21. The maximum atomic E-state index is 10.9. The van der Waals surface area contributed by atoms with Crippen LogP contribution >= 0.6 is 0 Å². The van der Waals surface area contributed by atoms with Crippen molar-refractivity contribution in [1.29, 1.82) is 0 Å². The number of esters is 1. The number of rotatable bonds is 3. The van der Waals surface area contributed by atoms with E-state index in [0.717, 1.165) is 12.8 Å². The zero-order chi connectivity index (χ0) is 14.8. The van der Waals surface area contributed by atoms with Crippen molar-refractivity contribution in [3.8, 4) is 0 Å². The predicted octanol–water partition coefficient (Wildman–Crippen LogP) is 2.98. The minimum Gasteiger partial charge on any atom is -0.462 e. The highest BCUT2D eigenvalue weighted by atomic mass is 16.7. The first kappa shape index (κ1) is 15.3. The maximum Gasteiger partial charge on any atom is 0.302 e. The van der Waals surface area contributed by atoms with Crippen molar-refractivity contribution in [2.24, 2.45) is 5.92 Å². The standard InChI is InChI=1S/C16H24O4/c1-11-5-6-13(7-8-18-12(2)17)14(9-11)15-10-19-16(3,4)20-15/h5,7,14-15H,6,8-10H2,1-4H3/b13-7-/t14-,15+/m0/s1. The lowest BCUT2D eigenvalue weighted by molar-refractivity contribution is -0.142. The third-order valence-electron chi connectivity index (χ3n) is 3.82. The van der Waals surface area contributed by atoms with Crippen LogP contribution in [-0.4, -0.2) is 31.1 Å². The molecule has 1 aliphatic carbocycles. The van der Waals surface area contributed by atoms with E-state index in [1.54, 1.807) is 0 Å². The minimum atomic E-state index is -0.499. The van der Waals surface area contributed by atoms with Gasteiger partial charge in [0.1, 0.15) is 6.61 Å². The van der Waals surface area contributed by atoms with Gasteiger partial charge in [0.25, 0.3) is 0 Å². The second-order valence-electron chi connectivity index (χ2n) is 6.01. The van der Waals surface area contributed by atoms with Crippen LogP contribution < -0.4 is 0 Å². The summed E-state index contributed by atoms with van der Waals surface area (Å²) in [5, 5.41) is 0. The molecule has 1 heterocycles. The molecule has 0 spiro atoms. The number of allylic oxidation sites excluding steroid dienone is 2. The lowest BCUT2D eigenvalue weighted by Gasteiger charge is -2.29. The normalized spacial score (nSPS) is 31.2. The molecule has 0 N–H and O–H groups in total. The zero-order valence-electron chi connectivity index (χ0n) is 12.8. The first-order chi connectivity index (χ1) is 9.37. The predicted molar refractivity (Wildman–Crippen MR) is 76.1 cm³/mol. The molecule has 1 fully saturated rings. The minimum absolute atomic E-state index is 0.0808. The molecule has 0 bridgehead atoms. The molecule has 0 amide bonds. The summed E-state index contributed by atoms with van der Waals surface area (Å²) in [4.78, 5) is 10.9. The molecule has 112 valence electrons. The van der Waals surface area contributed by atoms with Gasteiger partial charge in [0, 0.05) is 12.8 Å². The van der Waals surface area contributed by atoms with Crippen LogP contribution in [-0.2, 0) is 19.0 Å². The van der Waals surface area contributed by atoms with Crippen LogP contribution in [0.4, 0.5) is 0 Å². The molecular weight excluding hydrogens is 256 g/mol. The van der Waals surface area contributed by atoms with Crippen LogP contribution in [0, 0.1) is 5.92 Å². The van der Waals surface area contributed by atoms with Crippen LogP contribution in [0.1, 0.15) is 40.5 Å². The molecule has 0 aromatic heterocycles. The highest BCUT2D eigenvalue weighted by Gasteiger charge is 2.39. The smallest absolute Gasteiger partial charge is 0.302 e. The summed E-state index contributed by atoms with van der Waals surface area (Å²) in [5.74, 6) is -0.430. The quantitative estimate of drug-likeness (QED) is 0.589. The van der Waals surface area contributed by atoms with E-state index in [0.29, 0.717) is 19.1 Å². The van der Waals surface area contributed by atoms with E-state index in [2.05, 4.69) is 13.0 Å². The third kappa shape index (κ3) is 3.93. The molecular formula is C16H24O4. The van der Waals surface area contributed by atoms with Gasteiger partial charge in [-0.3, -0.25) is 4.79 Å². The van der Waals surface area contributed by atoms with Crippen molar-refractivity contribution < 1.29 is 19.0 Å². The van der Waals surface area contributed by atoms with Gasteiger partial charge >= 0.3 is 5.97 Å². The lowest BCUT2D eigenvalue weighted by atomic mass is 9.81. The molecule has 0 aromatic rings. The SMILES string of the molecule is CC(=O)OC/C=C1/CC=C(C)C[C@@H]1[C@H]1COC(C)(C)O1. The Labute approximate surface area is 120 Å². The van der Waals surface area contributed by atoms with Crippen molar-refractivity contribution in [2.45, 2.75) is 52.4 Å². The van der Waals surface area contributed by atoms with Crippen molar-refractivity contribution in [3.63, 3.8) is 0 Å². The van der Waals surface area contributed by atoms with Gasteiger partial charge in [-0.1, -0.05) is 17.2 Å². The van der Waals surface area contributed by atoms with Crippen LogP contribution in [0.2, 0.25) is 0 Å². The van der Waals surface area contributed by atoms with Gasteiger partial charge in [0.2, 0.25) is 0 Å². The second kappa shape index (κ2) is 6.10. The fourth-order valence-corrected chi connectivity index (χ4v) is 2.79. The van der Waals surface area contributed by atoms with E-state index in [1.165, 1.54) is 18.1 Å². The molecule has 2 rings (SSSR count). The van der Waals surface area contributed by atoms with Crippen molar-refractivity contribution in [2.75, 3.05) is 13.2 Å². The molecule has 0 unspecified atom stereocenters. The number of ether oxygens (including phenoxy) is 3. The Morgan fingerprint density at radius 3 is 2.90 bits per heavy atom. The Balaban J connectivity index is 2.06. The Morgan fingerprint density at radius 2 is 2.30 bits per heavy atom. The molecule has 4 nitrogen and oxygen atoms in total. The molecule has 1 saturated heterocycles. The molecule has 2 aliphatic rings. The number of hydrogen-bond donors (Lipinski definition) is 0. The second-order valence-corrected chi connectivity index (χ2v) is 6.01. The first-order valence-electron chi connectivity index (χ1n) is 7.17. The largest absolute Gasteiger partial charge is 0.462 e. The summed E-state index contributed by atoms with van der Waals surface area (Å²) in [7, 11) is 0. The van der Waals surface area contributed by atoms with E-state index < -0.39 is 5.79 Å². The average Bonchev–Trinajstić information content (AvgIpc) is 2.71. The van der Waals surface area contributed by atoms with Gasteiger partial charge in [-0.15, -0.1) is 0 Å². The maximum absolute atomic E-state index is 10.9. The monoisotopic (exact) mass is 280 g/mol. The molecule has 2 atom stereocenters. The van der Waals surface area contributed by atoms with Gasteiger partial charge < -0.3 is 14.2 Å². The van der Waals surface area contributed by atoms with Gasteiger partial charge in [-0.2, -0.15) is 0 Å².